The first-order valence-corrected chi connectivity index (χ1v) is 14.0. The molecule has 3 aromatic rings. The molecule has 1 fully saturated rings. The van der Waals surface area contributed by atoms with Crippen LogP contribution in [0.2, 0.25) is 0 Å². The summed E-state index contributed by atoms with van der Waals surface area (Å²) >= 11 is 0. The van der Waals surface area contributed by atoms with Crippen molar-refractivity contribution in [1.29, 1.82) is 0 Å². The van der Waals surface area contributed by atoms with E-state index < -0.39 is 16.1 Å². The number of carbonyl (C=O) groups is 1. The van der Waals surface area contributed by atoms with Gasteiger partial charge in [-0.2, -0.15) is 0 Å². The highest BCUT2D eigenvalue weighted by Gasteiger charge is 2.29. The van der Waals surface area contributed by atoms with Crippen LogP contribution in [0.1, 0.15) is 30.9 Å². The second-order valence-corrected chi connectivity index (χ2v) is 11.0. The number of benzene rings is 3. The number of nitrogens with zero attached hydrogens (tertiary/aromatic N) is 2. The van der Waals surface area contributed by atoms with Crippen molar-refractivity contribution in [2.75, 3.05) is 23.7 Å². The van der Waals surface area contributed by atoms with Crippen molar-refractivity contribution in [3.63, 3.8) is 0 Å². The first-order chi connectivity index (χ1) is 17.3. The standard InChI is InChI=1S/C28H33N3O4S/c1-22(28(32)29-20-23-9-8-10-24(19-23)21-30-17-6-7-18-30)31(36(2,33)34)25-13-15-27(16-14-25)35-26-11-4-3-5-12-26/h3-5,8-16,19,22H,6-7,17-18,20-21H2,1-2H3,(H,29,32)/t22-/m1/s1. The predicted octanol–water partition coefficient (Wildman–Crippen LogP) is 4.55. The normalized spacial score (nSPS) is 14.8. The van der Waals surface area contributed by atoms with Gasteiger partial charge < -0.3 is 10.1 Å². The largest absolute Gasteiger partial charge is 0.457 e. The molecule has 0 unspecified atom stereocenters. The van der Waals surface area contributed by atoms with Crippen molar-refractivity contribution in [2.45, 2.75) is 38.9 Å². The lowest BCUT2D eigenvalue weighted by Gasteiger charge is -2.28. The van der Waals surface area contributed by atoms with Crippen LogP contribution in [0.3, 0.4) is 0 Å². The van der Waals surface area contributed by atoms with Gasteiger partial charge in [0.05, 0.1) is 11.9 Å². The van der Waals surface area contributed by atoms with Gasteiger partial charge in [0.2, 0.25) is 15.9 Å². The molecule has 8 heteroatoms. The Morgan fingerprint density at radius 1 is 0.944 bits per heavy atom. The van der Waals surface area contributed by atoms with Crippen molar-refractivity contribution < 1.29 is 17.9 Å². The number of carbonyl (C=O) groups excluding carboxylic acids is 1. The van der Waals surface area contributed by atoms with Gasteiger partial charge in [-0.15, -0.1) is 0 Å². The third-order valence-electron chi connectivity index (χ3n) is 6.22. The van der Waals surface area contributed by atoms with E-state index in [4.69, 9.17) is 4.74 Å². The van der Waals surface area contributed by atoms with Crippen LogP contribution < -0.4 is 14.4 Å². The number of hydrogen-bond donors (Lipinski definition) is 1. The lowest BCUT2D eigenvalue weighted by Crippen LogP contribution is -2.47. The van der Waals surface area contributed by atoms with E-state index >= 15 is 0 Å². The SMILES string of the molecule is C[C@H](C(=O)NCc1cccc(CN2CCCC2)c1)N(c1ccc(Oc2ccccc2)cc1)S(C)(=O)=O. The highest BCUT2D eigenvalue weighted by atomic mass is 32.2. The quantitative estimate of drug-likeness (QED) is 0.436. The maximum atomic E-state index is 13.0. The van der Waals surface area contributed by atoms with Crippen molar-refractivity contribution in [2.24, 2.45) is 0 Å². The Bertz CT molecular complexity index is 1260. The summed E-state index contributed by atoms with van der Waals surface area (Å²) in [6.07, 6.45) is 3.59. The molecule has 1 amide bonds. The third kappa shape index (κ3) is 6.86. The first kappa shape index (κ1) is 25.7. The molecule has 0 aliphatic carbocycles. The summed E-state index contributed by atoms with van der Waals surface area (Å²) in [6, 6.07) is 23.2. The molecule has 0 bridgehead atoms. The number of anilines is 1. The highest BCUT2D eigenvalue weighted by Crippen LogP contribution is 2.27. The van der Waals surface area contributed by atoms with Crippen LogP contribution in [0, 0.1) is 0 Å². The number of nitrogens with one attached hydrogen (secondary N) is 1. The molecule has 1 heterocycles. The summed E-state index contributed by atoms with van der Waals surface area (Å²) in [5.74, 6) is 0.891. The minimum Gasteiger partial charge on any atom is -0.457 e. The molecule has 36 heavy (non-hydrogen) atoms. The molecule has 0 aromatic heterocycles. The molecule has 1 aliphatic heterocycles. The van der Waals surface area contributed by atoms with Crippen molar-refractivity contribution in [1.82, 2.24) is 10.2 Å². The summed E-state index contributed by atoms with van der Waals surface area (Å²) < 4.78 is 32.2. The Balaban J connectivity index is 1.41. The Labute approximate surface area is 213 Å². The van der Waals surface area contributed by atoms with E-state index in [1.54, 1.807) is 31.2 Å². The van der Waals surface area contributed by atoms with Crippen molar-refractivity contribution in [3.05, 3.63) is 90.0 Å². The lowest BCUT2D eigenvalue weighted by molar-refractivity contribution is -0.122. The van der Waals surface area contributed by atoms with E-state index in [1.807, 2.05) is 42.5 Å². The minimum absolute atomic E-state index is 0.332. The van der Waals surface area contributed by atoms with Gasteiger partial charge in [-0.1, -0.05) is 42.5 Å². The molecule has 190 valence electrons. The Morgan fingerprint density at radius 2 is 1.58 bits per heavy atom. The second-order valence-electron chi connectivity index (χ2n) is 9.16. The van der Waals surface area contributed by atoms with E-state index in [2.05, 4.69) is 22.3 Å². The van der Waals surface area contributed by atoms with E-state index in [-0.39, 0.29) is 5.91 Å². The van der Waals surface area contributed by atoms with Crippen LogP contribution in [0.15, 0.2) is 78.9 Å². The zero-order valence-corrected chi connectivity index (χ0v) is 21.6. The Kier molecular flexibility index (Phi) is 8.28. The molecule has 0 saturated carbocycles. The molecule has 1 atom stereocenters. The van der Waals surface area contributed by atoms with Crippen LogP contribution in [0.5, 0.6) is 11.5 Å². The predicted molar refractivity (Wildman–Crippen MR) is 143 cm³/mol. The first-order valence-electron chi connectivity index (χ1n) is 12.2. The average Bonchev–Trinajstić information content (AvgIpc) is 3.37. The lowest BCUT2D eigenvalue weighted by atomic mass is 10.1. The molecule has 0 radical (unpaired) electrons. The van der Waals surface area contributed by atoms with Crippen LogP contribution in [0.4, 0.5) is 5.69 Å². The molecule has 1 saturated heterocycles. The van der Waals surface area contributed by atoms with Gasteiger partial charge in [0.1, 0.15) is 17.5 Å². The van der Waals surface area contributed by atoms with E-state index in [0.29, 0.717) is 23.7 Å². The number of hydrogen-bond acceptors (Lipinski definition) is 5. The van der Waals surface area contributed by atoms with Gasteiger partial charge in [0, 0.05) is 13.1 Å². The second kappa shape index (κ2) is 11.6. The highest BCUT2D eigenvalue weighted by molar-refractivity contribution is 7.92. The summed E-state index contributed by atoms with van der Waals surface area (Å²) in [7, 11) is -3.71. The van der Waals surface area contributed by atoms with Crippen LogP contribution >= 0.6 is 0 Å². The van der Waals surface area contributed by atoms with E-state index in [9.17, 15) is 13.2 Å². The molecule has 3 aromatic carbocycles. The molecule has 0 spiro atoms. The topological polar surface area (TPSA) is 79.0 Å². The molecule has 1 N–H and O–H groups in total. The Hall–Kier alpha value is -3.36. The summed E-state index contributed by atoms with van der Waals surface area (Å²) in [5, 5.41) is 2.90. The third-order valence-corrected chi connectivity index (χ3v) is 7.46. The van der Waals surface area contributed by atoms with E-state index in [0.717, 1.165) is 35.8 Å². The smallest absolute Gasteiger partial charge is 0.243 e. The fourth-order valence-corrected chi connectivity index (χ4v) is 5.64. The number of likely N-dealkylation sites (tertiary alicyclic amines) is 1. The zero-order valence-electron chi connectivity index (χ0n) is 20.8. The summed E-state index contributed by atoms with van der Waals surface area (Å²) in [4.78, 5) is 15.4. The van der Waals surface area contributed by atoms with Crippen molar-refractivity contribution >= 4 is 21.6 Å². The van der Waals surface area contributed by atoms with Gasteiger partial charge in [-0.3, -0.25) is 14.0 Å². The summed E-state index contributed by atoms with van der Waals surface area (Å²) in [6.45, 7) is 5.08. The van der Waals surface area contributed by atoms with Gasteiger partial charge in [0.15, 0.2) is 0 Å². The number of amides is 1. The summed E-state index contributed by atoms with van der Waals surface area (Å²) in [5.41, 5.74) is 2.60. The maximum Gasteiger partial charge on any atom is 0.243 e. The molecule has 4 rings (SSSR count). The van der Waals surface area contributed by atoms with Crippen molar-refractivity contribution in [3.8, 4) is 11.5 Å². The van der Waals surface area contributed by atoms with Crippen LogP contribution in [-0.4, -0.2) is 44.6 Å². The van der Waals surface area contributed by atoms with Crippen LogP contribution in [0.25, 0.3) is 0 Å². The van der Waals surface area contributed by atoms with E-state index in [1.165, 1.54) is 18.4 Å². The molecular weight excluding hydrogens is 474 g/mol. The minimum atomic E-state index is -3.71. The van der Waals surface area contributed by atoms with Gasteiger partial charge in [-0.05, 0) is 80.4 Å². The monoisotopic (exact) mass is 507 g/mol. The number of sulfonamides is 1. The Morgan fingerprint density at radius 3 is 2.25 bits per heavy atom. The molecular formula is C28H33N3O4S. The van der Waals surface area contributed by atoms with Gasteiger partial charge in [-0.25, -0.2) is 8.42 Å². The van der Waals surface area contributed by atoms with Crippen LogP contribution in [-0.2, 0) is 27.9 Å². The maximum absolute atomic E-state index is 13.0. The number of rotatable bonds is 10. The average molecular weight is 508 g/mol. The fraction of sp³-hybridized carbons (Fsp3) is 0.321. The fourth-order valence-electron chi connectivity index (χ4n) is 4.47. The molecule has 7 nitrogen and oxygen atoms in total. The zero-order chi connectivity index (χ0) is 25.5. The number of ether oxygens (including phenoxy) is 1. The molecule has 1 aliphatic rings. The van der Waals surface area contributed by atoms with Gasteiger partial charge in [0.25, 0.3) is 0 Å². The number of para-hydroxylation sites is 1. The van der Waals surface area contributed by atoms with Gasteiger partial charge >= 0.3 is 0 Å².